The number of thiocarbonyl (C=S) groups is 1. The first kappa shape index (κ1) is 21.9. The minimum absolute atomic E-state index is 0.0398. The van der Waals surface area contributed by atoms with Crippen LogP contribution in [0.4, 0.5) is 0 Å². The van der Waals surface area contributed by atoms with E-state index in [0.29, 0.717) is 11.9 Å². The molecular formula is C20H32OS3. The third kappa shape index (κ3) is 5.96. The van der Waals surface area contributed by atoms with Crippen molar-refractivity contribution in [1.29, 1.82) is 0 Å². The van der Waals surface area contributed by atoms with Crippen molar-refractivity contribution in [3.05, 3.63) is 28.8 Å². The summed E-state index contributed by atoms with van der Waals surface area (Å²) < 4.78 is 7.10. The molecule has 0 amide bonds. The lowest BCUT2D eigenvalue weighted by atomic mass is 9.78. The Morgan fingerprint density at radius 1 is 1.08 bits per heavy atom. The smallest absolute Gasteiger partial charge is 0.126 e. The molecular weight excluding hydrogens is 352 g/mol. The van der Waals surface area contributed by atoms with Gasteiger partial charge in [0.25, 0.3) is 0 Å². The van der Waals surface area contributed by atoms with Gasteiger partial charge in [0, 0.05) is 16.4 Å². The Balaban J connectivity index is 3.50. The zero-order chi connectivity index (χ0) is 18.7. The summed E-state index contributed by atoms with van der Waals surface area (Å²) in [5.41, 5.74) is 4.02. The lowest BCUT2D eigenvalue weighted by Gasteiger charge is -2.31. The molecule has 136 valence electrons. The van der Waals surface area contributed by atoms with Gasteiger partial charge < -0.3 is 4.74 Å². The molecule has 1 aromatic rings. The summed E-state index contributed by atoms with van der Waals surface area (Å²) in [6, 6.07) is 4.66. The minimum atomic E-state index is 0.0398. The van der Waals surface area contributed by atoms with Crippen LogP contribution in [0.1, 0.15) is 84.3 Å². The van der Waals surface area contributed by atoms with E-state index in [1.165, 1.54) is 16.7 Å². The largest absolute Gasteiger partial charge is 0.493 e. The second kappa shape index (κ2) is 8.46. The average Bonchev–Trinajstić information content (AvgIpc) is 2.42. The Morgan fingerprint density at radius 2 is 1.54 bits per heavy atom. The molecule has 1 rings (SSSR count). The van der Waals surface area contributed by atoms with Crippen LogP contribution in [0, 0.1) is 0 Å². The predicted molar refractivity (Wildman–Crippen MR) is 117 cm³/mol. The molecule has 0 radical (unpaired) electrons. The molecule has 24 heavy (non-hydrogen) atoms. The van der Waals surface area contributed by atoms with Gasteiger partial charge in [0.2, 0.25) is 0 Å². The van der Waals surface area contributed by atoms with Crippen LogP contribution in [0.25, 0.3) is 0 Å². The van der Waals surface area contributed by atoms with E-state index >= 15 is 0 Å². The van der Waals surface area contributed by atoms with E-state index in [-0.39, 0.29) is 10.8 Å². The van der Waals surface area contributed by atoms with Crippen molar-refractivity contribution >= 4 is 38.0 Å². The third-order valence-corrected chi connectivity index (χ3v) is 7.16. The second-order valence-electron chi connectivity index (χ2n) is 8.19. The van der Waals surface area contributed by atoms with Crippen LogP contribution in [-0.2, 0) is 10.8 Å². The fourth-order valence-corrected chi connectivity index (χ4v) is 4.55. The SMILES string of the molecule is CCOc1c(C(C)(C)C)cc(C(C)SSC(C)=S)cc1C(C)(C)C. The minimum Gasteiger partial charge on any atom is -0.493 e. The Labute approximate surface area is 162 Å². The van der Waals surface area contributed by atoms with Crippen LogP contribution in [0.5, 0.6) is 5.75 Å². The summed E-state index contributed by atoms with van der Waals surface area (Å²) >= 11 is 5.21. The van der Waals surface area contributed by atoms with E-state index in [4.69, 9.17) is 17.0 Å². The van der Waals surface area contributed by atoms with Crippen molar-refractivity contribution in [2.45, 2.75) is 78.4 Å². The van der Waals surface area contributed by atoms with Gasteiger partial charge in [-0.2, -0.15) is 0 Å². The molecule has 1 nitrogen and oxygen atoms in total. The van der Waals surface area contributed by atoms with Crippen molar-refractivity contribution in [1.82, 2.24) is 0 Å². The zero-order valence-electron chi connectivity index (χ0n) is 16.6. The zero-order valence-corrected chi connectivity index (χ0v) is 19.0. The molecule has 0 aromatic heterocycles. The fourth-order valence-electron chi connectivity index (χ4n) is 2.50. The molecule has 1 aromatic carbocycles. The number of hydrogen-bond donors (Lipinski definition) is 0. The number of benzene rings is 1. The van der Waals surface area contributed by atoms with E-state index in [1.54, 1.807) is 10.8 Å². The first-order chi connectivity index (χ1) is 10.9. The molecule has 0 aliphatic carbocycles. The highest BCUT2D eigenvalue weighted by Gasteiger charge is 2.28. The van der Waals surface area contributed by atoms with Crippen molar-refractivity contribution in [3.63, 3.8) is 0 Å². The van der Waals surface area contributed by atoms with Crippen LogP contribution in [0.3, 0.4) is 0 Å². The Kier molecular flexibility index (Phi) is 7.70. The topological polar surface area (TPSA) is 9.23 Å². The van der Waals surface area contributed by atoms with Crippen LogP contribution < -0.4 is 4.74 Å². The summed E-state index contributed by atoms with van der Waals surface area (Å²) in [7, 11) is 3.52. The molecule has 0 fully saturated rings. The first-order valence-corrected chi connectivity index (χ1v) is 11.2. The van der Waals surface area contributed by atoms with Gasteiger partial charge in [-0.05, 0) is 37.2 Å². The monoisotopic (exact) mass is 384 g/mol. The average molecular weight is 385 g/mol. The molecule has 0 bridgehead atoms. The van der Waals surface area contributed by atoms with Crippen molar-refractivity contribution in [3.8, 4) is 5.75 Å². The molecule has 0 saturated carbocycles. The third-order valence-electron chi connectivity index (χ3n) is 3.80. The van der Waals surface area contributed by atoms with Gasteiger partial charge >= 0.3 is 0 Å². The van der Waals surface area contributed by atoms with E-state index in [0.717, 1.165) is 9.95 Å². The van der Waals surface area contributed by atoms with E-state index in [2.05, 4.69) is 67.5 Å². The molecule has 0 aliphatic rings. The van der Waals surface area contributed by atoms with Crippen LogP contribution >= 0.6 is 33.8 Å². The highest BCUT2D eigenvalue weighted by Crippen LogP contribution is 2.45. The van der Waals surface area contributed by atoms with Crippen LogP contribution in [-0.4, -0.2) is 10.8 Å². The van der Waals surface area contributed by atoms with Crippen LogP contribution in [0.2, 0.25) is 0 Å². The summed E-state index contributed by atoms with van der Waals surface area (Å²) in [5, 5.41) is 0.380. The van der Waals surface area contributed by atoms with Gasteiger partial charge in [0.05, 0.1) is 10.8 Å². The van der Waals surface area contributed by atoms with Gasteiger partial charge in [0.15, 0.2) is 0 Å². The summed E-state index contributed by atoms with van der Waals surface area (Å²) in [6.07, 6.45) is 0. The van der Waals surface area contributed by atoms with Gasteiger partial charge in [-0.3, -0.25) is 0 Å². The molecule has 1 unspecified atom stereocenters. The van der Waals surface area contributed by atoms with E-state index < -0.39 is 0 Å². The molecule has 0 saturated heterocycles. The van der Waals surface area contributed by atoms with Gasteiger partial charge in [-0.1, -0.05) is 87.5 Å². The summed E-state index contributed by atoms with van der Waals surface area (Å²) in [6.45, 7) is 20.5. The molecule has 1 atom stereocenters. The lowest BCUT2D eigenvalue weighted by molar-refractivity contribution is 0.319. The van der Waals surface area contributed by atoms with Crippen molar-refractivity contribution in [2.75, 3.05) is 6.61 Å². The fraction of sp³-hybridized carbons (Fsp3) is 0.650. The molecule has 0 N–H and O–H groups in total. The molecule has 4 heteroatoms. The van der Waals surface area contributed by atoms with Crippen molar-refractivity contribution in [2.24, 2.45) is 0 Å². The predicted octanol–water partition coefficient (Wildman–Crippen LogP) is 7.47. The van der Waals surface area contributed by atoms with Crippen molar-refractivity contribution < 1.29 is 4.74 Å². The maximum atomic E-state index is 6.12. The Bertz CT molecular complexity index is 545. The Hall–Kier alpha value is -0.190. The highest BCUT2D eigenvalue weighted by atomic mass is 33.1. The maximum Gasteiger partial charge on any atom is 0.126 e. The number of ether oxygens (including phenoxy) is 1. The first-order valence-electron chi connectivity index (χ1n) is 8.53. The molecule has 0 heterocycles. The quantitative estimate of drug-likeness (QED) is 0.384. The summed E-state index contributed by atoms with van der Waals surface area (Å²) in [5.74, 6) is 1.07. The Morgan fingerprint density at radius 3 is 1.88 bits per heavy atom. The molecule has 0 aliphatic heterocycles. The van der Waals surface area contributed by atoms with E-state index in [9.17, 15) is 0 Å². The van der Waals surface area contributed by atoms with Gasteiger partial charge in [-0.15, -0.1) is 0 Å². The van der Waals surface area contributed by atoms with Gasteiger partial charge in [-0.25, -0.2) is 0 Å². The number of rotatable bonds is 5. The summed E-state index contributed by atoms with van der Waals surface area (Å²) in [4.78, 5) is 0. The van der Waals surface area contributed by atoms with Crippen LogP contribution in [0.15, 0.2) is 12.1 Å². The van der Waals surface area contributed by atoms with E-state index in [1.807, 2.05) is 17.7 Å². The standard InChI is InChI=1S/C20H32OS3/c1-10-21-18-16(19(4,5)6)11-15(12-17(18)20(7,8)9)13(2)23-24-14(3)22/h11-13H,10H2,1-9H3. The lowest BCUT2D eigenvalue weighted by Crippen LogP contribution is -2.20. The van der Waals surface area contributed by atoms with Gasteiger partial charge in [0.1, 0.15) is 5.75 Å². The second-order valence-corrected chi connectivity index (χ2v) is 11.8. The number of hydrogen-bond acceptors (Lipinski definition) is 4. The normalized spacial score (nSPS) is 13.7. The molecule has 0 spiro atoms. The maximum absolute atomic E-state index is 6.12. The highest BCUT2D eigenvalue weighted by molar-refractivity contribution is 8.83.